The molecule has 2 aromatic carbocycles. The molecule has 0 heterocycles. The van der Waals surface area contributed by atoms with Crippen LogP contribution in [-0.2, 0) is 4.74 Å². The van der Waals surface area contributed by atoms with Crippen LogP contribution in [0, 0.1) is 0 Å². The lowest BCUT2D eigenvalue weighted by molar-refractivity contribution is 0.0526. The van der Waals surface area contributed by atoms with Gasteiger partial charge in [0.25, 0.3) is 0 Å². The fourth-order valence-electron chi connectivity index (χ4n) is 3.00. The summed E-state index contributed by atoms with van der Waals surface area (Å²) in [6, 6.07) is 6.61. The maximum Gasteiger partial charge on any atom is 0.339 e. The number of carbonyl (C=O) groups is 3. The van der Waals surface area contributed by atoms with Gasteiger partial charge in [0.2, 0.25) is 0 Å². The van der Waals surface area contributed by atoms with Crippen LogP contribution in [0.25, 0.3) is 10.8 Å². The molecule has 0 aromatic heterocycles. The van der Waals surface area contributed by atoms with E-state index in [1.165, 1.54) is 6.92 Å². The van der Waals surface area contributed by atoms with Gasteiger partial charge in [0.1, 0.15) is 5.75 Å². The third kappa shape index (κ3) is 2.05. The molecule has 0 bridgehead atoms. The zero-order chi connectivity index (χ0) is 17.6. The Morgan fingerprint density at radius 2 is 1.54 bits per heavy atom. The van der Waals surface area contributed by atoms with Crippen LogP contribution in [0.5, 0.6) is 5.75 Å². The van der Waals surface area contributed by atoms with Crippen LogP contribution in [0.1, 0.15) is 51.8 Å². The molecular weight excluding hydrogens is 308 g/mol. The van der Waals surface area contributed by atoms with Crippen LogP contribution in [0.15, 0.2) is 35.4 Å². The molecule has 122 valence electrons. The maximum atomic E-state index is 12.8. The summed E-state index contributed by atoms with van der Waals surface area (Å²) >= 11 is 0. The number of fused-ring (bicyclic) bond motifs is 2. The van der Waals surface area contributed by atoms with E-state index in [1.807, 2.05) is 0 Å². The molecule has 0 aliphatic heterocycles. The fourth-order valence-corrected chi connectivity index (χ4v) is 3.00. The highest BCUT2D eigenvalue weighted by Gasteiger charge is 2.36. The smallest absolute Gasteiger partial charge is 0.339 e. The number of ether oxygens (including phenoxy) is 1. The topological polar surface area (TPSA) is 80.7 Å². The average Bonchev–Trinajstić information content (AvgIpc) is 2.58. The van der Waals surface area contributed by atoms with Crippen LogP contribution in [0.2, 0.25) is 0 Å². The summed E-state index contributed by atoms with van der Waals surface area (Å²) in [4.78, 5) is 37.9. The van der Waals surface area contributed by atoms with E-state index in [0.29, 0.717) is 10.8 Å². The molecule has 0 fully saturated rings. The van der Waals surface area contributed by atoms with E-state index >= 15 is 0 Å². The van der Waals surface area contributed by atoms with Crippen molar-refractivity contribution in [3.8, 4) is 5.75 Å². The Kier molecular flexibility index (Phi) is 3.72. The molecule has 0 unspecified atom stereocenters. The minimum absolute atomic E-state index is 0.0328. The molecule has 2 aromatic rings. The Balaban J connectivity index is 2.52. The molecule has 24 heavy (non-hydrogen) atoms. The zero-order valence-corrected chi connectivity index (χ0v) is 13.6. The second-order valence-electron chi connectivity index (χ2n) is 5.65. The number of esters is 1. The number of Topliss-reactive ketones (excluding diaryl/α,β-unsaturated/α-hetero) is 2. The number of allylic oxidation sites excluding steroid dienone is 2. The number of hydrogen-bond donors (Lipinski definition) is 1. The summed E-state index contributed by atoms with van der Waals surface area (Å²) in [5.74, 6) is -1.85. The van der Waals surface area contributed by atoms with E-state index in [9.17, 15) is 19.5 Å². The van der Waals surface area contributed by atoms with Crippen molar-refractivity contribution in [2.75, 3.05) is 6.61 Å². The number of hydrogen-bond acceptors (Lipinski definition) is 5. The van der Waals surface area contributed by atoms with E-state index in [-0.39, 0.29) is 40.2 Å². The molecule has 1 aliphatic rings. The number of ketones is 2. The quantitative estimate of drug-likeness (QED) is 0.856. The first kappa shape index (κ1) is 15.9. The van der Waals surface area contributed by atoms with Crippen molar-refractivity contribution in [3.05, 3.63) is 52.1 Å². The van der Waals surface area contributed by atoms with Crippen LogP contribution in [0.3, 0.4) is 0 Å². The minimum Gasteiger partial charge on any atom is -0.507 e. The van der Waals surface area contributed by atoms with E-state index < -0.39 is 17.5 Å². The maximum absolute atomic E-state index is 12.8. The number of phenolic OH excluding ortho intramolecular Hbond substituents is 1. The molecular formula is C19H16O5. The molecule has 0 spiro atoms. The van der Waals surface area contributed by atoms with Crippen molar-refractivity contribution in [1.29, 1.82) is 0 Å². The normalized spacial score (nSPS) is 14.1. The fraction of sp³-hybridized carbons (Fsp3) is 0.211. The molecule has 1 N–H and O–H groups in total. The lowest BCUT2D eigenvalue weighted by atomic mass is 9.80. The summed E-state index contributed by atoms with van der Waals surface area (Å²) in [7, 11) is 0. The highest BCUT2D eigenvalue weighted by molar-refractivity contribution is 6.32. The van der Waals surface area contributed by atoms with Gasteiger partial charge in [-0.25, -0.2) is 4.79 Å². The van der Waals surface area contributed by atoms with Gasteiger partial charge in [-0.2, -0.15) is 0 Å². The van der Waals surface area contributed by atoms with Gasteiger partial charge in [-0.1, -0.05) is 24.3 Å². The summed E-state index contributed by atoms with van der Waals surface area (Å²) < 4.78 is 5.09. The Bertz CT molecular complexity index is 950. The molecule has 5 nitrogen and oxygen atoms in total. The SMILES string of the molecule is CCOC(=O)c1c2c(c(O)c3ccccc13)C(=O)C(C)=C(C)C2=O. The molecule has 0 radical (unpaired) electrons. The van der Waals surface area contributed by atoms with Gasteiger partial charge in [0, 0.05) is 21.9 Å². The first-order chi connectivity index (χ1) is 11.4. The van der Waals surface area contributed by atoms with E-state index in [4.69, 9.17) is 4.74 Å². The number of aromatic hydroxyl groups is 1. The van der Waals surface area contributed by atoms with Crippen LogP contribution in [-0.4, -0.2) is 29.2 Å². The molecule has 0 saturated heterocycles. The standard InChI is InChI=1S/C19H16O5/c1-4-24-19(23)13-11-7-5-6-8-12(11)18(22)15-14(13)16(20)9(2)10(3)17(15)21/h5-8,22H,4H2,1-3H3. The second-order valence-corrected chi connectivity index (χ2v) is 5.65. The molecule has 5 heteroatoms. The largest absolute Gasteiger partial charge is 0.507 e. The summed E-state index contributed by atoms with van der Waals surface area (Å²) in [6.45, 7) is 4.88. The van der Waals surface area contributed by atoms with Crippen molar-refractivity contribution >= 4 is 28.3 Å². The summed E-state index contributed by atoms with van der Waals surface area (Å²) in [5.41, 5.74) is 0.383. The Morgan fingerprint density at radius 1 is 1.00 bits per heavy atom. The van der Waals surface area contributed by atoms with Crippen LogP contribution >= 0.6 is 0 Å². The van der Waals surface area contributed by atoms with Gasteiger partial charge in [-0.05, 0) is 20.8 Å². The van der Waals surface area contributed by atoms with Gasteiger partial charge in [0.05, 0.1) is 23.3 Å². The number of rotatable bonds is 2. The number of phenols is 1. The van der Waals surface area contributed by atoms with Gasteiger partial charge in [0.15, 0.2) is 11.6 Å². The van der Waals surface area contributed by atoms with Crippen molar-refractivity contribution < 1.29 is 24.2 Å². The highest BCUT2D eigenvalue weighted by atomic mass is 16.5. The predicted octanol–water partition coefficient (Wildman–Crippen LogP) is 3.44. The van der Waals surface area contributed by atoms with Gasteiger partial charge < -0.3 is 9.84 Å². The number of carbonyl (C=O) groups excluding carboxylic acids is 3. The monoisotopic (exact) mass is 324 g/mol. The van der Waals surface area contributed by atoms with Crippen molar-refractivity contribution in [2.45, 2.75) is 20.8 Å². The Labute approximate surface area is 138 Å². The molecule has 0 atom stereocenters. The second kappa shape index (κ2) is 5.60. The van der Waals surface area contributed by atoms with E-state index in [2.05, 4.69) is 0 Å². The first-order valence-corrected chi connectivity index (χ1v) is 7.61. The first-order valence-electron chi connectivity index (χ1n) is 7.61. The highest BCUT2D eigenvalue weighted by Crippen LogP contribution is 2.40. The third-order valence-electron chi connectivity index (χ3n) is 4.37. The minimum atomic E-state index is -0.682. The van der Waals surface area contributed by atoms with Gasteiger partial charge in [-0.15, -0.1) is 0 Å². The van der Waals surface area contributed by atoms with Crippen LogP contribution < -0.4 is 0 Å². The predicted molar refractivity (Wildman–Crippen MR) is 88.6 cm³/mol. The molecule has 0 amide bonds. The third-order valence-corrected chi connectivity index (χ3v) is 4.37. The van der Waals surface area contributed by atoms with Crippen LogP contribution in [0.4, 0.5) is 0 Å². The van der Waals surface area contributed by atoms with Gasteiger partial charge in [-0.3, -0.25) is 9.59 Å². The zero-order valence-electron chi connectivity index (χ0n) is 13.6. The molecule has 1 aliphatic carbocycles. The lowest BCUT2D eigenvalue weighted by Gasteiger charge is -2.22. The molecule has 0 saturated carbocycles. The summed E-state index contributed by atoms with van der Waals surface area (Å²) in [6.07, 6.45) is 0. The van der Waals surface area contributed by atoms with E-state index in [0.717, 1.165) is 0 Å². The average molecular weight is 324 g/mol. The summed E-state index contributed by atoms with van der Waals surface area (Å²) in [5, 5.41) is 11.3. The van der Waals surface area contributed by atoms with Gasteiger partial charge >= 0.3 is 5.97 Å². The van der Waals surface area contributed by atoms with E-state index in [1.54, 1.807) is 38.1 Å². The molecule has 3 rings (SSSR count). The Hall–Kier alpha value is -2.95. The van der Waals surface area contributed by atoms with Crippen molar-refractivity contribution in [1.82, 2.24) is 0 Å². The van der Waals surface area contributed by atoms with Crippen molar-refractivity contribution in [2.24, 2.45) is 0 Å². The Morgan fingerprint density at radius 3 is 2.12 bits per heavy atom. The number of benzene rings is 2. The van der Waals surface area contributed by atoms with Crippen molar-refractivity contribution in [3.63, 3.8) is 0 Å². The lowest BCUT2D eigenvalue weighted by Crippen LogP contribution is -2.24.